The molecule has 1 unspecified atom stereocenters. The summed E-state index contributed by atoms with van der Waals surface area (Å²) in [4.78, 5) is 0. The lowest BCUT2D eigenvalue weighted by molar-refractivity contribution is 0.482. The second kappa shape index (κ2) is 9.92. The van der Waals surface area contributed by atoms with Crippen LogP contribution in [0.2, 0.25) is 0 Å². The van der Waals surface area contributed by atoms with Gasteiger partial charge >= 0.3 is 0 Å². The molecule has 0 fully saturated rings. The zero-order valence-electron chi connectivity index (χ0n) is 18.2. The van der Waals surface area contributed by atoms with E-state index in [1.54, 1.807) is 0 Å². The molecular formula is C28H28N2O2. The number of hydrogen-bond acceptors (Lipinski definition) is 4. The number of anilines is 2. The summed E-state index contributed by atoms with van der Waals surface area (Å²) in [6, 6.07) is 31.4. The van der Waals surface area contributed by atoms with E-state index in [4.69, 9.17) is 20.9 Å². The van der Waals surface area contributed by atoms with Gasteiger partial charge in [-0.2, -0.15) is 0 Å². The molecule has 0 heterocycles. The van der Waals surface area contributed by atoms with Gasteiger partial charge in [0, 0.05) is 11.4 Å². The Bertz CT molecular complexity index is 1120. The fourth-order valence-electron chi connectivity index (χ4n) is 3.48. The average molecular weight is 425 g/mol. The first-order valence-electron chi connectivity index (χ1n) is 10.8. The molecule has 4 aromatic rings. The Morgan fingerprint density at radius 3 is 1.38 bits per heavy atom. The van der Waals surface area contributed by atoms with E-state index in [-0.39, 0.29) is 0 Å². The molecule has 0 aliphatic heterocycles. The van der Waals surface area contributed by atoms with Crippen LogP contribution in [0.3, 0.4) is 0 Å². The predicted octanol–water partition coefficient (Wildman–Crippen LogP) is 7.17. The third kappa shape index (κ3) is 5.82. The SMILES string of the molecule is CC(CCc1ccc(Oc2ccc(N)cc2)cc1)c1ccc(Oc2ccc(N)cc2)cc1. The van der Waals surface area contributed by atoms with Gasteiger partial charge in [-0.05, 0) is 103 Å². The van der Waals surface area contributed by atoms with Gasteiger partial charge in [-0.15, -0.1) is 0 Å². The highest BCUT2D eigenvalue weighted by molar-refractivity contribution is 5.44. The lowest BCUT2D eigenvalue weighted by Crippen LogP contribution is -1.97. The largest absolute Gasteiger partial charge is 0.457 e. The number of nitrogen functional groups attached to an aromatic ring is 2. The molecule has 0 bridgehead atoms. The number of nitrogens with two attached hydrogens (primary N) is 2. The summed E-state index contributed by atoms with van der Waals surface area (Å²) < 4.78 is 11.8. The van der Waals surface area contributed by atoms with E-state index in [1.807, 2.05) is 72.8 Å². The summed E-state index contributed by atoms with van der Waals surface area (Å²) >= 11 is 0. The molecule has 0 saturated heterocycles. The van der Waals surface area contributed by atoms with Gasteiger partial charge in [0.05, 0.1) is 0 Å². The summed E-state index contributed by atoms with van der Waals surface area (Å²) in [7, 11) is 0. The molecule has 1 atom stereocenters. The molecular weight excluding hydrogens is 396 g/mol. The van der Waals surface area contributed by atoms with Gasteiger partial charge in [-0.1, -0.05) is 31.2 Å². The van der Waals surface area contributed by atoms with Gasteiger partial charge in [0.25, 0.3) is 0 Å². The topological polar surface area (TPSA) is 70.5 Å². The van der Waals surface area contributed by atoms with Crippen molar-refractivity contribution in [3.63, 3.8) is 0 Å². The molecule has 0 spiro atoms. The summed E-state index contributed by atoms with van der Waals surface area (Å²) in [6.07, 6.45) is 2.07. The second-order valence-electron chi connectivity index (χ2n) is 7.99. The second-order valence-corrected chi connectivity index (χ2v) is 7.99. The molecule has 4 rings (SSSR count). The maximum atomic E-state index is 5.88. The number of hydrogen-bond donors (Lipinski definition) is 2. The molecule has 0 aliphatic carbocycles. The van der Waals surface area contributed by atoms with E-state index in [9.17, 15) is 0 Å². The van der Waals surface area contributed by atoms with Crippen LogP contribution < -0.4 is 20.9 Å². The quantitative estimate of drug-likeness (QED) is 0.294. The van der Waals surface area contributed by atoms with E-state index >= 15 is 0 Å². The van der Waals surface area contributed by atoms with Crippen molar-refractivity contribution < 1.29 is 9.47 Å². The maximum Gasteiger partial charge on any atom is 0.127 e. The standard InChI is InChI=1S/C28H28N2O2/c1-20(22-6-14-26(15-7-22)32-28-18-10-24(30)11-19-28)2-3-21-4-12-25(13-5-21)31-27-16-8-23(29)9-17-27/h4-20H,2-3,29-30H2,1H3. The van der Waals surface area contributed by atoms with Crippen LogP contribution in [0.4, 0.5) is 11.4 Å². The molecule has 0 aliphatic rings. The molecule has 0 amide bonds. The van der Waals surface area contributed by atoms with E-state index in [0.717, 1.165) is 47.2 Å². The fraction of sp³-hybridized carbons (Fsp3) is 0.143. The van der Waals surface area contributed by atoms with Gasteiger partial charge in [-0.25, -0.2) is 0 Å². The van der Waals surface area contributed by atoms with Crippen LogP contribution in [0.25, 0.3) is 0 Å². The summed E-state index contributed by atoms with van der Waals surface area (Å²) in [5.74, 6) is 3.66. The zero-order valence-corrected chi connectivity index (χ0v) is 18.2. The van der Waals surface area contributed by atoms with E-state index in [1.165, 1.54) is 11.1 Å². The molecule has 0 radical (unpaired) electrons. The van der Waals surface area contributed by atoms with E-state index < -0.39 is 0 Å². The minimum absolute atomic E-state index is 0.450. The molecule has 4 aromatic carbocycles. The fourth-order valence-corrected chi connectivity index (χ4v) is 3.48. The van der Waals surface area contributed by atoms with E-state index in [0.29, 0.717) is 5.92 Å². The summed E-state index contributed by atoms with van der Waals surface area (Å²) in [5, 5.41) is 0. The highest BCUT2D eigenvalue weighted by Crippen LogP contribution is 2.28. The lowest BCUT2D eigenvalue weighted by atomic mass is 9.94. The van der Waals surface area contributed by atoms with Crippen molar-refractivity contribution in [3.05, 3.63) is 108 Å². The van der Waals surface area contributed by atoms with Crippen LogP contribution in [-0.2, 0) is 6.42 Å². The van der Waals surface area contributed by atoms with Crippen LogP contribution >= 0.6 is 0 Å². The van der Waals surface area contributed by atoms with Crippen LogP contribution in [0.1, 0.15) is 30.4 Å². The number of benzene rings is 4. The molecule has 4 heteroatoms. The Morgan fingerprint density at radius 1 is 0.562 bits per heavy atom. The van der Waals surface area contributed by atoms with Crippen molar-refractivity contribution in [1.82, 2.24) is 0 Å². The molecule has 4 N–H and O–H groups in total. The monoisotopic (exact) mass is 424 g/mol. The van der Waals surface area contributed by atoms with Crippen LogP contribution in [0.5, 0.6) is 23.0 Å². The highest BCUT2D eigenvalue weighted by atomic mass is 16.5. The Hall–Kier alpha value is -3.92. The molecule has 0 saturated carbocycles. The van der Waals surface area contributed by atoms with E-state index in [2.05, 4.69) is 31.2 Å². The van der Waals surface area contributed by atoms with Crippen molar-refractivity contribution in [1.29, 1.82) is 0 Å². The minimum Gasteiger partial charge on any atom is -0.457 e. The molecule has 0 aromatic heterocycles. The van der Waals surface area contributed by atoms with Crippen LogP contribution in [-0.4, -0.2) is 0 Å². The smallest absolute Gasteiger partial charge is 0.127 e. The maximum absolute atomic E-state index is 5.88. The van der Waals surface area contributed by atoms with Crippen LogP contribution in [0.15, 0.2) is 97.1 Å². The average Bonchev–Trinajstić information content (AvgIpc) is 2.82. The molecule has 162 valence electrons. The number of aryl methyl sites for hydroxylation is 1. The first-order valence-corrected chi connectivity index (χ1v) is 10.8. The van der Waals surface area contributed by atoms with Crippen molar-refractivity contribution in [2.75, 3.05) is 11.5 Å². The van der Waals surface area contributed by atoms with Gasteiger partial charge in [-0.3, -0.25) is 0 Å². The predicted molar refractivity (Wildman–Crippen MR) is 131 cm³/mol. The minimum atomic E-state index is 0.450. The van der Waals surface area contributed by atoms with Gasteiger partial charge in [0.15, 0.2) is 0 Å². The molecule has 4 nitrogen and oxygen atoms in total. The summed E-state index contributed by atoms with van der Waals surface area (Å²) in [5.41, 5.74) is 15.5. The van der Waals surface area contributed by atoms with Crippen LogP contribution in [0, 0.1) is 0 Å². The van der Waals surface area contributed by atoms with Crippen molar-refractivity contribution in [2.45, 2.75) is 25.7 Å². The summed E-state index contributed by atoms with van der Waals surface area (Å²) in [6.45, 7) is 2.26. The third-order valence-corrected chi connectivity index (χ3v) is 5.47. The van der Waals surface area contributed by atoms with Gasteiger partial charge < -0.3 is 20.9 Å². The molecule has 32 heavy (non-hydrogen) atoms. The Kier molecular flexibility index (Phi) is 6.61. The third-order valence-electron chi connectivity index (χ3n) is 5.47. The normalized spacial score (nSPS) is 11.7. The van der Waals surface area contributed by atoms with Gasteiger partial charge in [0.1, 0.15) is 23.0 Å². The Balaban J connectivity index is 1.28. The highest BCUT2D eigenvalue weighted by Gasteiger charge is 2.07. The van der Waals surface area contributed by atoms with Crippen molar-refractivity contribution >= 4 is 11.4 Å². The van der Waals surface area contributed by atoms with Crippen molar-refractivity contribution in [3.8, 4) is 23.0 Å². The Labute approximate surface area is 189 Å². The van der Waals surface area contributed by atoms with Crippen molar-refractivity contribution in [2.24, 2.45) is 0 Å². The first kappa shape index (κ1) is 21.3. The lowest BCUT2D eigenvalue weighted by Gasteiger charge is -2.13. The number of rotatable bonds is 8. The zero-order chi connectivity index (χ0) is 22.3. The first-order chi connectivity index (χ1) is 15.5. The van der Waals surface area contributed by atoms with Gasteiger partial charge in [0.2, 0.25) is 0 Å². The number of ether oxygens (including phenoxy) is 2. The Morgan fingerprint density at radius 2 is 0.938 bits per heavy atom.